The number of fused-ring (bicyclic) bond motifs is 1. The van der Waals surface area contributed by atoms with E-state index in [2.05, 4.69) is 15.4 Å². The molecule has 34 heavy (non-hydrogen) atoms. The number of nitrogens with zero attached hydrogens (tertiary/aromatic N) is 1. The Balaban J connectivity index is 1.48. The molecule has 4 rings (SSSR count). The number of carbonyl (C=O) groups excluding carboxylic acids is 3. The molecule has 2 N–H and O–H groups in total. The highest BCUT2D eigenvalue weighted by Crippen LogP contribution is 2.31. The van der Waals surface area contributed by atoms with E-state index in [1.807, 2.05) is 0 Å². The lowest BCUT2D eigenvalue weighted by molar-refractivity contribution is -0.115. The Bertz CT molecular complexity index is 1250. The average Bonchev–Trinajstić information content (AvgIpc) is 2.83. The summed E-state index contributed by atoms with van der Waals surface area (Å²) < 4.78 is 34.3. The molecule has 0 spiro atoms. The summed E-state index contributed by atoms with van der Waals surface area (Å²) in [7, 11) is 1.27. The van der Waals surface area contributed by atoms with Gasteiger partial charge in [-0.3, -0.25) is 19.3 Å². The van der Waals surface area contributed by atoms with Crippen LogP contribution in [0.1, 0.15) is 20.7 Å². The zero-order valence-corrected chi connectivity index (χ0v) is 17.9. The Morgan fingerprint density at radius 3 is 2.41 bits per heavy atom. The maximum atomic E-state index is 13.0. The van der Waals surface area contributed by atoms with Gasteiger partial charge in [0.25, 0.3) is 11.8 Å². The van der Waals surface area contributed by atoms with E-state index >= 15 is 0 Å². The van der Waals surface area contributed by atoms with E-state index in [-0.39, 0.29) is 35.4 Å². The largest absolute Gasteiger partial charge is 0.493 e. The lowest BCUT2D eigenvalue weighted by Gasteiger charge is -2.29. The number of amides is 3. The van der Waals surface area contributed by atoms with E-state index in [1.165, 1.54) is 42.3 Å². The first kappa shape index (κ1) is 22.7. The van der Waals surface area contributed by atoms with E-state index in [9.17, 15) is 23.2 Å². The van der Waals surface area contributed by atoms with Crippen molar-refractivity contribution in [1.82, 2.24) is 0 Å². The number of methoxy groups -OCH3 is 1. The van der Waals surface area contributed by atoms with Gasteiger partial charge in [-0.1, -0.05) is 12.1 Å². The minimum Gasteiger partial charge on any atom is -0.493 e. The van der Waals surface area contributed by atoms with Crippen LogP contribution in [0.4, 0.5) is 25.8 Å². The minimum atomic E-state index is -3.03. The molecule has 10 heteroatoms. The molecule has 0 radical (unpaired) electrons. The number of nitrogens with one attached hydrogen (secondary N) is 2. The van der Waals surface area contributed by atoms with Crippen LogP contribution in [-0.2, 0) is 4.79 Å². The number of ether oxygens (including phenoxy) is 2. The fourth-order valence-corrected chi connectivity index (χ4v) is 3.47. The molecule has 174 valence electrons. The van der Waals surface area contributed by atoms with Crippen LogP contribution in [0.5, 0.6) is 11.5 Å². The van der Waals surface area contributed by atoms with Gasteiger partial charge in [0.1, 0.15) is 6.54 Å². The van der Waals surface area contributed by atoms with Gasteiger partial charge in [-0.05, 0) is 54.6 Å². The summed E-state index contributed by atoms with van der Waals surface area (Å²) in [4.78, 5) is 39.0. The summed E-state index contributed by atoms with van der Waals surface area (Å²) in [5, 5.41) is 5.39. The Labute approximate surface area is 193 Å². The quantitative estimate of drug-likeness (QED) is 0.568. The van der Waals surface area contributed by atoms with Gasteiger partial charge in [-0.2, -0.15) is 8.78 Å². The highest BCUT2D eigenvalue weighted by molar-refractivity contribution is 6.15. The number of hydrogen-bond acceptors (Lipinski definition) is 5. The van der Waals surface area contributed by atoms with Crippen molar-refractivity contribution in [3.05, 3.63) is 77.9 Å². The molecule has 0 saturated heterocycles. The molecule has 3 amide bonds. The first-order valence-corrected chi connectivity index (χ1v) is 10.1. The van der Waals surface area contributed by atoms with Crippen molar-refractivity contribution in [3.63, 3.8) is 0 Å². The molecule has 1 aliphatic rings. The number of alkyl halides is 2. The van der Waals surface area contributed by atoms with Gasteiger partial charge in [0.15, 0.2) is 11.5 Å². The lowest BCUT2D eigenvalue weighted by Crippen LogP contribution is -2.42. The molecule has 1 heterocycles. The van der Waals surface area contributed by atoms with E-state index in [0.29, 0.717) is 22.6 Å². The number of carbonyl (C=O) groups is 3. The summed E-state index contributed by atoms with van der Waals surface area (Å²) in [6.45, 7) is -3.14. The van der Waals surface area contributed by atoms with Crippen LogP contribution in [0.25, 0.3) is 0 Å². The highest BCUT2D eigenvalue weighted by Gasteiger charge is 2.27. The monoisotopic (exact) mass is 467 g/mol. The minimum absolute atomic E-state index is 0.0141. The molecule has 0 bridgehead atoms. The fourth-order valence-electron chi connectivity index (χ4n) is 3.47. The second-order valence-electron chi connectivity index (χ2n) is 7.23. The van der Waals surface area contributed by atoms with E-state index in [4.69, 9.17) is 4.74 Å². The fraction of sp³-hybridized carbons (Fsp3) is 0.125. The van der Waals surface area contributed by atoms with Gasteiger partial charge in [-0.15, -0.1) is 0 Å². The van der Waals surface area contributed by atoms with Crippen LogP contribution in [-0.4, -0.2) is 38.0 Å². The van der Waals surface area contributed by atoms with Crippen molar-refractivity contribution >= 4 is 34.8 Å². The molecule has 8 nitrogen and oxygen atoms in total. The van der Waals surface area contributed by atoms with E-state index < -0.39 is 12.5 Å². The third-order valence-electron chi connectivity index (χ3n) is 5.05. The van der Waals surface area contributed by atoms with Crippen molar-refractivity contribution < 1.29 is 32.6 Å². The zero-order valence-electron chi connectivity index (χ0n) is 17.9. The maximum absolute atomic E-state index is 13.0. The van der Waals surface area contributed by atoms with Crippen molar-refractivity contribution in [1.29, 1.82) is 0 Å². The van der Waals surface area contributed by atoms with Gasteiger partial charge in [-0.25, -0.2) is 0 Å². The molecule has 0 fully saturated rings. The summed E-state index contributed by atoms with van der Waals surface area (Å²) in [5.74, 6) is -1.37. The normalized spacial score (nSPS) is 12.6. The van der Waals surface area contributed by atoms with Crippen LogP contribution in [0.15, 0.2) is 66.7 Å². The molecular weight excluding hydrogens is 448 g/mol. The van der Waals surface area contributed by atoms with Crippen LogP contribution in [0.3, 0.4) is 0 Å². The molecule has 0 aromatic heterocycles. The third-order valence-corrected chi connectivity index (χ3v) is 5.05. The van der Waals surface area contributed by atoms with Gasteiger partial charge in [0, 0.05) is 16.8 Å². The summed E-state index contributed by atoms with van der Waals surface area (Å²) >= 11 is 0. The highest BCUT2D eigenvalue weighted by atomic mass is 19.3. The number of hydrogen-bond donors (Lipinski definition) is 2. The summed E-state index contributed by atoms with van der Waals surface area (Å²) in [5.41, 5.74) is 2.05. The Hall–Kier alpha value is -4.47. The molecule has 1 aliphatic heterocycles. The predicted molar refractivity (Wildman–Crippen MR) is 121 cm³/mol. The second kappa shape index (κ2) is 9.57. The number of rotatable bonds is 6. The number of halogens is 2. The van der Waals surface area contributed by atoms with Crippen molar-refractivity contribution in [2.45, 2.75) is 6.61 Å². The number of para-hydroxylation sites is 2. The molecule has 3 aromatic carbocycles. The van der Waals surface area contributed by atoms with Crippen LogP contribution in [0, 0.1) is 0 Å². The molecule has 0 aliphatic carbocycles. The van der Waals surface area contributed by atoms with Crippen LogP contribution in [0.2, 0.25) is 0 Å². The lowest BCUT2D eigenvalue weighted by atomic mass is 10.1. The SMILES string of the molecule is COc1cc(C(=O)Nc2ccc(C(=O)N3CC(=O)Nc4ccccc43)cc2)ccc1OC(F)F. The topological polar surface area (TPSA) is 97.0 Å². The maximum Gasteiger partial charge on any atom is 0.387 e. The van der Waals surface area contributed by atoms with Crippen molar-refractivity contribution in [2.24, 2.45) is 0 Å². The first-order chi connectivity index (χ1) is 16.4. The Morgan fingerprint density at radius 1 is 1.00 bits per heavy atom. The summed E-state index contributed by atoms with van der Waals surface area (Å²) in [6.07, 6.45) is 0. The molecular formula is C24H19F2N3O5. The first-order valence-electron chi connectivity index (χ1n) is 10.1. The molecule has 3 aromatic rings. The van der Waals surface area contributed by atoms with Crippen LogP contribution >= 0.6 is 0 Å². The molecule has 0 atom stereocenters. The van der Waals surface area contributed by atoms with Gasteiger partial charge >= 0.3 is 6.61 Å². The van der Waals surface area contributed by atoms with Gasteiger partial charge in [0.2, 0.25) is 5.91 Å². The van der Waals surface area contributed by atoms with E-state index in [0.717, 1.165) is 0 Å². The number of benzene rings is 3. The molecule has 0 saturated carbocycles. The van der Waals surface area contributed by atoms with Gasteiger partial charge in [0.05, 0.1) is 18.5 Å². The summed E-state index contributed by atoms with van der Waals surface area (Å²) in [6, 6.07) is 17.0. The van der Waals surface area contributed by atoms with Crippen molar-refractivity contribution in [2.75, 3.05) is 29.2 Å². The third kappa shape index (κ3) is 4.80. The predicted octanol–water partition coefficient (Wildman–Crippen LogP) is 4.15. The zero-order chi connectivity index (χ0) is 24.2. The van der Waals surface area contributed by atoms with E-state index in [1.54, 1.807) is 36.4 Å². The smallest absolute Gasteiger partial charge is 0.387 e. The molecule has 0 unspecified atom stereocenters. The van der Waals surface area contributed by atoms with Crippen LogP contribution < -0.4 is 25.0 Å². The number of anilines is 3. The Kier molecular flexibility index (Phi) is 6.39. The second-order valence-corrected chi connectivity index (χ2v) is 7.23. The standard InChI is InChI=1S/C24H19F2N3O5/c1-33-20-12-15(8-11-19(20)34-24(25)26)22(31)27-16-9-6-14(7-10-16)23(32)29-13-21(30)28-17-4-2-3-5-18(17)29/h2-12,24H,13H2,1H3,(H,27,31)(H,28,30). The Morgan fingerprint density at radius 2 is 1.71 bits per heavy atom. The van der Waals surface area contributed by atoms with Gasteiger partial charge < -0.3 is 20.1 Å². The average molecular weight is 467 g/mol. The van der Waals surface area contributed by atoms with Crippen molar-refractivity contribution in [3.8, 4) is 11.5 Å².